The lowest BCUT2D eigenvalue weighted by Gasteiger charge is -2.09. The first-order chi connectivity index (χ1) is 8.47. The van der Waals surface area contributed by atoms with Crippen LogP contribution in [0.3, 0.4) is 0 Å². The van der Waals surface area contributed by atoms with Gasteiger partial charge in [0.05, 0.1) is 30.5 Å². The molecule has 0 aliphatic heterocycles. The number of nitrogen functional groups attached to an aromatic ring is 1. The fourth-order valence-corrected chi connectivity index (χ4v) is 2.91. The van der Waals surface area contributed by atoms with Crippen molar-refractivity contribution in [3.05, 3.63) is 23.8 Å². The Morgan fingerprint density at radius 1 is 1.22 bits per heavy atom. The van der Waals surface area contributed by atoms with Crippen LogP contribution in [0.25, 0.3) is 0 Å². The smallest absolute Gasteiger partial charge is 0.180 e. The van der Waals surface area contributed by atoms with Crippen molar-refractivity contribution in [2.24, 2.45) is 0 Å². The fourth-order valence-electron chi connectivity index (χ4n) is 1.47. The van der Waals surface area contributed by atoms with Gasteiger partial charge in [-0.25, -0.2) is 8.42 Å². The summed E-state index contributed by atoms with van der Waals surface area (Å²) < 4.78 is 34.1. The average Bonchev–Trinajstić information content (AvgIpc) is 2.32. The predicted octanol–water partition coefficient (Wildman–Crippen LogP) is 1.01. The van der Waals surface area contributed by atoms with Gasteiger partial charge in [0, 0.05) is 12.8 Å². The molecule has 2 N–H and O–H groups in total. The van der Waals surface area contributed by atoms with E-state index in [1.165, 1.54) is 6.07 Å². The summed E-state index contributed by atoms with van der Waals surface area (Å²) in [6.07, 6.45) is 0. The lowest BCUT2D eigenvalue weighted by molar-refractivity contribution is 0.0785. The maximum Gasteiger partial charge on any atom is 0.180 e. The summed E-state index contributed by atoms with van der Waals surface area (Å²) in [5.74, 6) is -0.0546. The summed E-state index contributed by atoms with van der Waals surface area (Å²) in [4.78, 5) is 0.276. The van der Waals surface area contributed by atoms with Crippen molar-refractivity contribution in [1.29, 1.82) is 0 Å². The molecule has 0 heterocycles. The third kappa shape index (κ3) is 4.29. The van der Waals surface area contributed by atoms with Crippen molar-refractivity contribution in [3.8, 4) is 0 Å². The molecule has 0 saturated carbocycles. The normalized spacial score (nSPS) is 11.7. The first kappa shape index (κ1) is 14.9. The van der Waals surface area contributed by atoms with Crippen LogP contribution in [-0.2, 0) is 19.3 Å². The highest BCUT2D eigenvalue weighted by Gasteiger charge is 2.17. The number of sulfone groups is 1. The Bertz CT molecular complexity index is 485. The van der Waals surface area contributed by atoms with E-state index in [0.29, 0.717) is 24.5 Å². The second kappa shape index (κ2) is 6.72. The van der Waals surface area contributed by atoms with Crippen LogP contribution in [-0.4, -0.2) is 41.1 Å². The van der Waals surface area contributed by atoms with Crippen molar-refractivity contribution in [2.45, 2.75) is 11.8 Å². The van der Waals surface area contributed by atoms with Crippen molar-refractivity contribution < 1.29 is 17.9 Å². The van der Waals surface area contributed by atoms with Crippen molar-refractivity contribution in [3.63, 3.8) is 0 Å². The standard InChI is InChI=1S/C12H19NO4S/c1-10-3-4-11(13)9-12(10)18(14,15)8-7-17-6-5-16-2/h3-4,9H,5-8,13H2,1-2H3. The van der Waals surface area contributed by atoms with Crippen molar-refractivity contribution in [1.82, 2.24) is 0 Å². The molecule has 1 aromatic rings. The second-order valence-corrected chi connectivity index (χ2v) is 6.03. The molecule has 18 heavy (non-hydrogen) atoms. The van der Waals surface area contributed by atoms with Gasteiger partial charge in [-0.05, 0) is 24.6 Å². The van der Waals surface area contributed by atoms with E-state index >= 15 is 0 Å². The molecule has 0 amide bonds. The fraction of sp³-hybridized carbons (Fsp3) is 0.500. The van der Waals surface area contributed by atoms with Gasteiger partial charge < -0.3 is 15.2 Å². The molecule has 0 aliphatic rings. The Labute approximate surface area is 108 Å². The minimum absolute atomic E-state index is 0.0546. The predicted molar refractivity (Wildman–Crippen MR) is 70.3 cm³/mol. The number of methoxy groups -OCH3 is 1. The van der Waals surface area contributed by atoms with E-state index in [0.717, 1.165) is 0 Å². The van der Waals surface area contributed by atoms with Gasteiger partial charge in [-0.2, -0.15) is 0 Å². The van der Waals surface area contributed by atoms with Gasteiger partial charge >= 0.3 is 0 Å². The van der Waals surface area contributed by atoms with Gasteiger partial charge in [0.25, 0.3) is 0 Å². The van der Waals surface area contributed by atoms with Crippen LogP contribution >= 0.6 is 0 Å². The summed E-state index contributed by atoms with van der Waals surface area (Å²) in [5, 5.41) is 0. The first-order valence-electron chi connectivity index (χ1n) is 5.63. The molecule has 1 rings (SSSR count). The molecule has 0 saturated heterocycles. The van der Waals surface area contributed by atoms with Crippen molar-refractivity contribution in [2.75, 3.05) is 38.4 Å². The van der Waals surface area contributed by atoms with Gasteiger partial charge in [0.1, 0.15) is 0 Å². The molecule has 0 aliphatic carbocycles. The highest BCUT2D eigenvalue weighted by Crippen LogP contribution is 2.19. The maximum atomic E-state index is 12.1. The second-order valence-electron chi connectivity index (χ2n) is 3.95. The molecule has 6 heteroatoms. The third-order valence-corrected chi connectivity index (χ3v) is 4.29. The van der Waals surface area contributed by atoms with E-state index < -0.39 is 9.84 Å². The summed E-state index contributed by atoms with van der Waals surface area (Å²) in [6, 6.07) is 4.87. The number of nitrogens with two attached hydrogens (primary N) is 1. The van der Waals surface area contributed by atoms with E-state index in [2.05, 4.69) is 0 Å². The van der Waals surface area contributed by atoms with Gasteiger partial charge in [-0.15, -0.1) is 0 Å². The minimum atomic E-state index is -3.35. The molecule has 0 unspecified atom stereocenters. The zero-order valence-electron chi connectivity index (χ0n) is 10.7. The zero-order chi connectivity index (χ0) is 13.6. The summed E-state index contributed by atoms with van der Waals surface area (Å²) >= 11 is 0. The highest BCUT2D eigenvalue weighted by molar-refractivity contribution is 7.91. The van der Waals surface area contributed by atoms with Gasteiger partial charge in [0.2, 0.25) is 0 Å². The lowest BCUT2D eigenvalue weighted by atomic mass is 10.2. The Morgan fingerprint density at radius 2 is 1.94 bits per heavy atom. The molecule has 0 bridgehead atoms. The van der Waals surface area contributed by atoms with Crippen LogP contribution in [0, 0.1) is 6.92 Å². The van der Waals surface area contributed by atoms with Crippen LogP contribution in [0.15, 0.2) is 23.1 Å². The largest absolute Gasteiger partial charge is 0.399 e. The summed E-state index contributed by atoms with van der Waals surface area (Å²) in [5.41, 5.74) is 6.75. The van der Waals surface area contributed by atoms with E-state index in [-0.39, 0.29) is 17.3 Å². The molecular weight excluding hydrogens is 254 g/mol. The minimum Gasteiger partial charge on any atom is -0.399 e. The monoisotopic (exact) mass is 273 g/mol. The number of rotatable bonds is 7. The molecule has 1 aromatic carbocycles. The number of hydrogen-bond acceptors (Lipinski definition) is 5. The van der Waals surface area contributed by atoms with Gasteiger partial charge in [-0.3, -0.25) is 0 Å². The highest BCUT2D eigenvalue weighted by atomic mass is 32.2. The Balaban J connectivity index is 2.66. The number of anilines is 1. The topological polar surface area (TPSA) is 78.6 Å². The molecule has 0 radical (unpaired) electrons. The van der Waals surface area contributed by atoms with E-state index in [9.17, 15) is 8.42 Å². The SMILES string of the molecule is COCCOCCS(=O)(=O)c1cc(N)ccc1C. The Hall–Kier alpha value is -1.11. The van der Waals surface area contributed by atoms with E-state index in [1.54, 1.807) is 26.2 Å². The number of aryl methyl sites for hydroxylation is 1. The van der Waals surface area contributed by atoms with Crippen LogP contribution in [0.1, 0.15) is 5.56 Å². The van der Waals surface area contributed by atoms with Crippen LogP contribution in [0.2, 0.25) is 0 Å². The van der Waals surface area contributed by atoms with Crippen LogP contribution < -0.4 is 5.73 Å². The van der Waals surface area contributed by atoms with Crippen molar-refractivity contribution >= 4 is 15.5 Å². The number of benzene rings is 1. The quantitative estimate of drug-likeness (QED) is 0.592. The first-order valence-corrected chi connectivity index (χ1v) is 7.28. The maximum absolute atomic E-state index is 12.1. The molecule has 5 nitrogen and oxygen atoms in total. The van der Waals surface area contributed by atoms with Gasteiger partial charge in [-0.1, -0.05) is 6.07 Å². The third-order valence-electron chi connectivity index (χ3n) is 2.48. The number of ether oxygens (including phenoxy) is 2. The van der Waals surface area contributed by atoms with Crippen LogP contribution in [0.5, 0.6) is 0 Å². The molecule has 0 fully saturated rings. The summed E-state index contributed by atoms with van der Waals surface area (Å²) in [7, 11) is -1.78. The lowest BCUT2D eigenvalue weighted by Crippen LogP contribution is -2.15. The molecule has 102 valence electrons. The molecule has 0 atom stereocenters. The molecule has 0 aromatic heterocycles. The Kier molecular flexibility index (Phi) is 5.58. The van der Waals surface area contributed by atoms with Crippen LogP contribution in [0.4, 0.5) is 5.69 Å². The molecule has 0 spiro atoms. The summed E-state index contributed by atoms with van der Waals surface area (Å²) in [6.45, 7) is 2.75. The Morgan fingerprint density at radius 3 is 2.61 bits per heavy atom. The molecular formula is C12H19NO4S. The number of hydrogen-bond donors (Lipinski definition) is 1. The average molecular weight is 273 g/mol. The van der Waals surface area contributed by atoms with Gasteiger partial charge in [0.15, 0.2) is 9.84 Å². The van der Waals surface area contributed by atoms with E-state index in [4.69, 9.17) is 15.2 Å². The zero-order valence-corrected chi connectivity index (χ0v) is 11.5. The van der Waals surface area contributed by atoms with E-state index in [1.807, 2.05) is 0 Å².